The van der Waals surface area contributed by atoms with Gasteiger partial charge in [0.2, 0.25) is 0 Å². The Morgan fingerprint density at radius 2 is 2.17 bits per heavy atom. The van der Waals surface area contributed by atoms with Crippen molar-refractivity contribution in [2.75, 3.05) is 13.1 Å². The summed E-state index contributed by atoms with van der Waals surface area (Å²) in [6.45, 7) is 0.700. The highest BCUT2D eigenvalue weighted by atomic mass is 127. The standard InChI is InChI=1S/C16H14F2IN5/c17-16(18)3-4-24(9-16)8-10-5-11(7-20-6-10)12-1-2-13-14(21-12)15(19)23-22-13/h1-2,5-7H,3-4,8-9H2,(H,22,23). The van der Waals surface area contributed by atoms with Crippen molar-refractivity contribution < 1.29 is 8.78 Å². The average molecular weight is 441 g/mol. The first-order chi connectivity index (χ1) is 11.5. The molecule has 4 rings (SSSR count). The number of aromatic nitrogens is 4. The van der Waals surface area contributed by atoms with Crippen molar-refractivity contribution in [3.05, 3.63) is 39.9 Å². The van der Waals surface area contributed by atoms with Crippen molar-refractivity contribution >= 4 is 33.6 Å². The van der Waals surface area contributed by atoms with Crippen molar-refractivity contribution in [2.24, 2.45) is 0 Å². The van der Waals surface area contributed by atoms with Crippen LogP contribution in [0.1, 0.15) is 12.0 Å². The summed E-state index contributed by atoms with van der Waals surface area (Å²) in [6.07, 6.45) is 3.39. The molecule has 0 radical (unpaired) electrons. The molecule has 1 saturated heterocycles. The van der Waals surface area contributed by atoms with Gasteiger partial charge >= 0.3 is 0 Å². The lowest BCUT2D eigenvalue weighted by molar-refractivity contribution is 0.0115. The van der Waals surface area contributed by atoms with Gasteiger partial charge in [0.25, 0.3) is 5.92 Å². The number of rotatable bonds is 3. The van der Waals surface area contributed by atoms with E-state index in [1.54, 1.807) is 17.3 Å². The highest BCUT2D eigenvalue weighted by molar-refractivity contribution is 14.1. The Bertz CT molecular complexity index is 895. The Labute approximate surface area is 150 Å². The summed E-state index contributed by atoms with van der Waals surface area (Å²) in [7, 11) is 0. The predicted molar refractivity (Wildman–Crippen MR) is 94.7 cm³/mol. The molecule has 0 atom stereocenters. The number of likely N-dealkylation sites (tertiary alicyclic amines) is 1. The largest absolute Gasteiger partial charge is 0.293 e. The van der Waals surface area contributed by atoms with Gasteiger partial charge in [-0.05, 0) is 46.4 Å². The predicted octanol–water partition coefficient (Wildman–Crippen LogP) is 3.47. The van der Waals surface area contributed by atoms with Gasteiger partial charge in [0.05, 0.1) is 12.2 Å². The van der Waals surface area contributed by atoms with Gasteiger partial charge in [0.15, 0.2) is 0 Å². The van der Waals surface area contributed by atoms with Crippen LogP contribution in [0.5, 0.6) is 0 Å². The molecule has 1 aliphatic heterocycles. The summed E-state index contributed by atoms with van der Waals surface area (Å²) in [6, 6.07) is 5.76. The molecular formula is C16H14F2IN5. The molecule has 0 aliphatic carbocycles. The average Bonchev–Trinajstić information content (AvgIpc) is 3.10. The zero-order valence-corrected chi connectivity index (χ0v) is 14.8. The third-order valence-corrected chi connectivity index (χ3v) is 4.85. The second kappa shape index (κ2) is 5.99. The zero-order chi connectivity index (χ0) is 16.7. The highest BCUT2D eigenvalue weighted by Crippen LogP contribution is 2.28. The Balaban J connectivity index is 1.60. The van der Waals surface area contributed by atoms with E-state index in [4.69, 9.17) is 0 Å². The summed E-state index contributed by atoms with van der Waals surface area (Å²) in [5.41, 5.74) is 4.21. The summed E-state index contributed by atoms with van der Waals surface area (Å²) in [4.78, 5) is 10.6. The number of pyridine rings is 2. The number of alkyl halides is 2. The van der Waals surface area contributed by atoms with Crippen LogP contribution in [0.4, 0.5) is 8.78 Å². The van der Waals surface area contributed by atoms with Crippen molar-refractivity contribution in [2.45, 2.75) is 18.9 Å². The fraction of sp³-hybridized carbons (Fsp3) is 0.312. The number of hydrogen-bond donors (Lipinski definition) is 1. The molecule has 24 heavy (non-hydrogen) atoms. The Hall–Kier alpha value is -1.68. The van der Waals surface area contributed by atoms with E-state index in [2.05, 4.69) is 42.8 Å². The molecule has 0 bridgehead atoms. The fourth-order valence-corrected chi connectivity index (χ4v) is 3.46. The van der Waals surface area contributed by atoms with Crippen LogP contribution in [0, 0.1) is 3.70 Å². The summed E-state index contributed by atoms with van der Waals surface area (Å²) >= 11 is 2.16. The number of halogens is 3. The van der Waals surface area contributed by atoms with Crippen LogP contribution in [0.25, 0.3) is 22.3 Å². The molecule has 8 heteroatoms. The van der Waals surface area contributed by atoms with Crippen LogP contribution in [0.3, 0.4) is 0 Å². The van der Waals surface area contributed by atoms with Crippen LogP contribution in [-0.2, 0) is 6.54 Å². The molecule has 0 spiro atoms. The van der Waals surface area contributed by atoms with E-state index in [0.29, 0.717) is 13.1 Å². The number of nitrogens with one attached hydrogen (secondary N) is 1. The van der Waals surface area contributed by atoms with E-state index in [1.165, 1.54) is 0 Å². The van der Waals surface area contributed by atoms with Gasteiger partial charge in [-0.3, -0.25) is 15.0 Å². The highest BCUT2D eigenvalue weighted by Gasteiger charge is 2.37. The fourth-order valence-electron chi connectivity index (χ4n) is 2.94. The SMILES string of the molecule is FC1(F)CCN(Cc2cncc(-c3ccc4n[nH]c(I)c4n3)c2)C1. The molecule has 1 N–H and O–H groups in total. The molecule has 0 amide bonds. The van der Waals surface area contributed by atoms with E-state index in [1.807, 2.05) is 18.2 Å². The quantitative estimate of drug-likeness (QED) is 0.633. The molecule has 0 aromatic carbocycles. The van der Waals surface area contributed by atoms with Gasteiger partial charge in [-0.2, -0.15) is 5.10 Å². The minimum absolute atomic E-state index is 0.0722. The smallest absolute Gasteiger partial charge is 0.261 e. The molecule has 4 heterocycles. The topological polar surface area (TPSA) is 57.7 Å². The van der Waals surface area contributed by atoms with Crippen molar-refractivity contribution in [3.8, 4) is 11.3 Å². The number of nitrogens with zero attached hydrogens (tertiary/aromatic N) is 4. The lowest BCUT2D eigenvalue weighted by Crippen LogP contribution is -2.24. The van der Waals surface area contributed by atoms with E-state index in [9.17, 15) is 8.78 Å². The molecule has 3 aromatic rings. The van der Waals surface area contributed by atoms with Gasteiger partial charge in [-0.1, -0.05) is 0 Å². The molecule has 124 valence electrons. The lowest BCUT2D eigenvalue weighted by atomic mass is 10.1. The molecule has 3 aromatic heterocycles. The van der Waals surface area contributed by atoms with Crippen LogP contribution in [0.15, 0.2) is 30.6 Å². The summed E-state index contributed by atoms with van der Waals surface area (Å²) in [5, 5.41) is 7.07. The number of fused-ring (bicyclic) bond motifs is 1. The second-order valence-electron chi connectivity index (χ2n) is 6.00. The van der Waals surface area contributed by atoms with E-state index >= 15 is 0 Å². The van der Waals surface area contributed by atoms with E-state index < -0.39 is 5.92 Å². The van der Waals surface area contributed by atoms with Gasteiger partial charge in [0.1, 0.15) is 14.7 Å². The molecule has 1 aliphatic rings. The maximum Gasteiger partial charge on any atom is 0.261 e. The van der Waals surface area contributed by atoms with Crippen LogP contribution >= 0.6 is 22.6 Å². The van der Waals surface area contributed by atoms with Crippen LogP contribution in [0.2, 0.25) is 0 Å². The number of hydrogen-bond acceptors (Lipinski definition) is 4. The normalized spacial score (nSPS) is 17.6. The first-order valence-electron chi connectivity index (χ1n) is 7.55. The monoisotopic (exact) mass is 441 g/mol. The maximum atomic E-state index is 13.3. The summed E-state index contributed by atoms with van der Waals surface area (Å²) < 4.78 is 27.5. The molecule has 1 fully saturated rings. The minimum atomic E-state index is -2.57. The molecule has 0 saturated carbocycles. The van der Waals surface area contributed by atoms with Crippen molar-refractivity contribution in [1.29, 1.82) is 0 Å². The first kappa shape index (κ1) is 15.8. The van der Waals surface area contributed by atoms with Gasteiger partial charge in [-0.15, -0.1) is 0 Å². The van der Waals surface area contributed by atoms with Gasteiger partial charge < -0.3 is 0 Å². The third-order valence-electron chi connectivity index (χ3n) is 4.10. The Morgan fingerprint density at radius 1 is 1.29 bits per heavy atom. The second-order valence-corrected chi connectivity index (χ2v) is 7.08. The van der Waals surface area contributed by atoms with E-state index in [0.717, 1.165) is 31.6 Å². The van der Waals surface area contributed by atoms with Gasteiger partial charge in [0, 0.05) is 37.5 Å². The maximum absolute atomic E-state index is 13.3. The van der Waals surface area contributed by atoms with Crippen LogP contribution in [-0.4, -0.2) is 44.1 Å². The van der Waals surface area contributed by atoms with E-state index in [-0.39, 0.29) is 13.0 Å². The minimum Gasteiger partial charge on any atom is -0.293 e. The molecular weight excluding hydrogens is 427 g/mol. The first-order valence-corrected chi connectivity index (χ1v) is 8.63. The molecule has 5 nitrogen and oxygen atoms in total. The summed E-state index contributed by atoms with van der Waals surface area (Å²) in [5.74, 6) is -2.57. The Morgan fingerprint density at radius 3 is 2.96 bits per heavy atom. The number of H-pyrrole nitrogens is 1. The van der Waals surface area contributed by atoms with Crippen LogP contribution < -0.4 is 0 Å². The zero-order valence-electron chi connectivity index (χ0n) is 12.6. The van der Waals surface area contributed by atoms with Crippen molar-refractivity contribution in [1.82, 2.24) is 25.1 Å². The lowest BCUT2D eigenvalue weighted by Gasteiger charge is -2.15. The third kappa shape index (κ3) is 3.12. The number of aromatic amines is 1. The molecule has 0 unspecified atom stereocenters. The Kier molecular flexibility index (Phi) is 3.95. The van der Waals surface area contributed by atoms with Gasteiger partial charge in [-0.25, -0.2) is 13.8 Å². The van der Waals surface area contributed by atoms with Crippen molar-refractivity contribution in [3.63, 3.8) is 0 Å².